The van der Waals surface area contributed by atoms with Crippen LogP contribution in [-0.2, 0) is 16.6 Å². The van der Waals surface area contributed by atoms with Crippen molar-refractivity contribution in [2.75, 3.05) is 14.1 Å². The molecule has 5 nitrogen and oxygen atoms in total. The summed E-state index contributed by atoms with van der Waals surface area (Å²) >= 11 is 5.92. The predicted octanol–water partition coefficient (Wildman–Crippen LogP) is 2.83. The summed E-state index contributed by atoms with van der Waals surface area (Å²) in [4.78, 5) is 12.5. The largest absolute Gasteiger partial charge is 0.348 e. The lowest BCUT2D eigenvalue weighted by Gasteiger charge is -2.14. The molecule has 0 aliphatic rings. The molecule has 2 aromatic rings. The molecule has 1 N–H and O–H groups in total. The number of sulfonamides is 1. The molecule has 0 spiro atoms. The molecule has 7 heteroatoms. The van der Waals surface area contributed by atoms with E-state index in [2.05, 4.69) is 5.32 Å². The monoisotopic (exact) mass is 366 g/mol. The Balaban J connectivity index is 2.23. The zero-order valence-corrected chi connectivity index (χ0v) is 15.3. The molecule has 24 heavy (non-hydrogen) atoms. The van der Waals surface area contributed by atoms with Crippen LogP contribution in [0.2, 0.25) is 5.02 Å². The molecule has 0 radical (unpaired) electrons. The zero-order chi connectivity index (χ0) is 17.9. The predicted molar refractivity (Wildman–Crippen MR) is 94.7 cm³/mol. The Hall–Kier alpha value is -1.89. The minimum absolute atomic E-state index is 0.0889. The average Bonchev–Trinajstić information content (AvgIpc) is 2.52. The highest BCUT2D eigenvalue weighted by Crippen LogP contribution is 2.18. The minimum atomic E-state index is -3.59. The number of carbonyl (C=O) groups excluding carboxylic acids is 1. The first-order valence-electron chi connectivity index (χ1n) is 7.27. The van der Waals surface area contributed by atoms with Gasteiger partial charge in [0, 0.05) is 31.2 Å². The third kappa shape index (κ3) is 4.14. The van der Waals surface area contributed by atoms with Gasteiger partial charge in [0.1, 0.15) is 0 Å². The van der Waals surface area contributed by atoms with E-state index >= 15 is 0 Å². The van der Waals surface area contributed by atoms with Gasteiger partial charge in [-0.05, 0) is 42.3 Å². The highest BCUT2D eigenvalue weighted by molar-refractivity contribution is 7.89. The van der Waals surface area contributed by atoms with Crippen molar-refractivity contribution in [2.24, 2.45) is 0 Å². The van der Waals surface area contributed by atoms with E-state index in [1.165, 1.54) is 26.2 Å². The number of nitrogens with one attached hydrogen (secondary N) is 1. The molecule has 1 amide bonds. The maximum atomic E-state index is 12.4. The SMILES string of the molecule is Cc1ccc(S(=O)(=O)N(C)C)cc1C(=O)NCc1cccc(Cl)c1. The Morgan fingerprint density at radius 2 is 1.88 bits per heavy atom. The summed E-state index contributed by atoms with van der Waals surface area (Å²) in [6, 6.07) is 11.7. The molecule has 0 fully saturated rings. The summed E-state index contributed by atoms with van der Waals surface area (Å²) < 4.78 is 25.5. The van der Waals surface area contributed by atoms with Gasteiger partial charge in [-0.1, -0.05) is 29.8 Å². The zero-order valence-electron chi connectivity index (χ0n) is 13.7. The quantitative estimate of drug-likeness (QED) is 0.884. The molecule has 0 atom stereocenters. The number of aryl methyl sites for hydroxylation is 1. The van der Waals surface area contributed by atoms with Gasteiger partial charge in [-0.25, -0.2) is 12.7 Å². The standard InChI is InChI=1S/C17H19ClN2O3S/c1-12-7-8-15(24(22,23)20(2)3)10-16(12)17(21)19-11-13-5-4-6-14(18)9-13/h4-10H,11H2,1-3H3,(H,19,21). The summed E-state index contributed by atoms with van der Waals surface area (Å²) in [6.07, 6.45) is 0. The van der Waals surface area contributed by atoms with E-state index in [9.17, 15) is 13.2 Å². The van der Waals surface area contributed by atoms with Crippen LogP contribution in [0, 0.1) is 6.92 Å². The van der Waals surface area contributed by atoms with Crippen LogP contribution in [0.4, 0.5) is 0 Å². The van der Waals surface area contributed by atoms with Crippen molar-refractivity contribution in [3.63, 3.8) is 0 Å². The number of halogens is 1. The van der Waals surface area contributed by atoms with Gasteiger partial charge < -0.3 is 5.32 Å². The van der Waals surface area contributed by atoms with Gasteiger partial charge in [-0.3, -0.25) is 4.79 Å². The van der Waals surface area contributed by atoms with Crippen LogP contribution in [0.15, 0.2) is 47.4 Å². The number of hydrogen-bond acceptors (Lipinski definition) is 3. The molecule has 2 aromatic carbocycles. The summed E-state index contributed by atoms with van der Waals surface area (Å²) in [5.41, 5.74) is 1.90. The van der Waals surface area contributed by atoms with Crippen molar-refractivity contribution in [1.82, 2.24) is 9.62 Å². The number of amides is 1. The van der Waals surface area contributed by atoms with Crippen molar-refractivity contribution in [3.8, 4) is 0 Å². The number of hydrogen-bond donors (Lipinski definition) is 1. The van der Waals surface area contributed by atoms with Crippen LogP contribution in [0.25, 0.3) is 0 Å². The fourth-order valence-corrected chi connectivity index (χ4v) is 3.28. The van der Waals surface area contributed by atoms with Crippen LogP contribution in [0.5, 0.6) is 0 Å². The van der Waals surface area contributed by atoms with Gasteiger partial charge in [0.15, 0.2) is 0 Å². The van der Waals surface area contributed by atoms with E-state index in [0.29, 0.717) is 22.7 Å². The highest BCUT2D eigenvalue weighted by atomic mass is 35.5. The van der Waals surface area contributed by atoms with Crippen LogP contribution in [0.1, 0.15) is 21.5 Å². The Labute approximate surface area is 147 Å². The van der Waals surface area contributed by atoms with Crippen molar-refractivity contribution < 1.29 is 13.2 Å². The first-order chi connectivity index (χ1) is 11.2. The van der Waals surface area contributed by atoms with Crippen molar-refractivity contribution >= 4 is 27.5 Å². The molecular weight excluding hydrogens is 348 g/mol. The lowest BCUT2D eigenvalue weighted by Crippen LogP contribution is -2.25. The smallest absolute Gasteiger partial charge is 0.251 e. The van der Waals surface area contributed by atoms with Crippen molar-refractivity contribution in [1.29, 1.82) is 0 Å². The molecule has 0 aromatic heterocycles. The van der Waals surface area contributed by atoms with Gasteiger partial charge >= 0.3 is 0 Å². The fraction of sp³-hybridized carbons (Fsp3) is 0.235. The second-order valence-corrected chi connectivity index (χ2v) is 8.17. The first kappa shape index (κ1) is 18.4. The van der Waals surface area contributed by atoms with E-state index in [1.807, 2.05) is 6.07 Å². The lowest BCUT2D eigenvalue weighted by atomic mass is 10.1. The van der Waals surface area contributed by atoms with E-state index in [1.54, 1.807) is 31.2 Å². The van der Waals surface area contributed by atoms with Gasteiger partial charge in [-0.15, -0.1) is 0 Å². The second kappa shape index (κ2) is 7.34. The second-order valence-electron chi connectivity index (χ2n) is 5.58. The fourth-order valence-electron chi connectivity index (χ4n) is 2.14. The number of nitrogens with zero attached hydrogens (tertiary/aromatic N) is 1. The number of rotatable bonds is 5. The normalized spacial score (nSPS) is 11.5. The van der Waals surface area contributed by atoms with E-state index < -0.39 is 10.0 Å². The Kier molecular flexibility index (Phi) is 5.64. The molecule has 2 rings (SSSR count). The van der Waals surface area contributed by atoms with Crippen molar-refractivity contribution in [3.05, 3.63) is 64.2 Å². The van der Waals surface area contributed by atoms with Crippen LogP contribution < -0.4 is 5.32 Å². The van der Waals surface area contributed by atoms with Gasteiger partial charge in [0.05, 0.1) is 4.90 Å². The lowest BCUT2D eigenvalue weighted by molar-refractivity contribution is 0.0950. The average molecular weight is 367 g/mol. The maximum absolute atomic E-state index is 12.4. The molecular formula is C17H19ClN2O3S. The summed E-state index contributed by atoms with van der Waals surface area (Å²) in [5, 5.41) is 3.38. The van der Waals surface area contributed by atoms with Crippen LogP contribution in [0.3, 0.4) is 0 Å². The first-order valence-corrected chi connectivity index (χ1v) is 9.09. The third-order valence-corrected chi connectivity index (χ3v) is 5.62. The molecule has 0 heterocycles. The Bertz CT molecular complexity index is 864. The van der Waals surface area contributed by atoms with E-state index in [0.717, 1.165) is 9.87 Å². The molecule has 0 saturated heterocycles. The van der Waals surface area contributed by atoms with Gasteiger partial charge in [-0.2, -0.15) is 0 Å². The summed E-state index contributed by atoms with van der Waals surface area (Å²) in [5.74, 6) is -0.330. The maximum Gasteiger partial charge on any atom is 0.251 e. The molecule has 0 aliphatic carbocycles. The summed E-state index contributed by atoms with van der Waals surface area (Å²) in [7, 11) is -0.682. The summed E-state index contributed by atoms with van der Waals surface area (Å²) in [6.45, 7) is 2.07. The Morgan fingerprint density at radius 1 is 1.17 bits per heavy atom. The Morgan fingerprint density at radius 3 is 2.50 bits per heavy atom. The van der Waals surface area contributed by atoms with Crippen LogP contribution >= 0.6 is 11.6 Å². The topological polar surface area (TPSA) is 66.5 Å². The van der Waals surface area contributed by atoms with E-state index in [4.69, 9.17) is 11.6 Å². The van der Waals surface area contributed by atoms with Gasteiger partial charge in [0.2, 0.25) is 10.0 Å². The number of carbonyl (C=O) groups is 1. The van der Waals surface area contributed by atoms with Crippen LogP contribution in [-0.4, -0.2) is 32.7 Å². The number of benzene rings is 2. The molecule has 0 unspecified atom stereocenters. The minimum Gasteiger partial charge on any atom is -0.348 e. The van der Waals surface area contributed by atoms with Crippen molar-refractivity contribution in [2.45, 2.75) is 18.4 Å². The highest BCUT2D eigenvalue weighted by Gasteiger charge is 2.20. The van der Waals surface area contributed by atoms with Gasteiger partial charge in [0.25, 0.3) is 5.91 Å². The molecule has 0 saturated carbocycles. The molecule has 0 aliphatic heterocycles. The van der Waals surface area contributed by atoms with E-state index in [-0.39, 0.29) is 10.8 Å². The molecule has 0 bridgehead atoms. The molecule has 128 valence electrons. The third-order valence-electron chi connectivity index (χ3n) is 3.57.